The zero-order chi connectivity index (χ0) is 21.8. The average Bonchev–Trinajstić information content (AvgIpc) is 2.79. The third-order valence-corrected chi connectivity index (χ3v) is 9.60. The van der Waals surface area contributed by atoms with Gasteiger partial charge in [-0.15, -0.1) is 0 Å². The Morgan fingerprint density at radius 3 is 2.00 bits per heavy atom. The third-order valence-electron chi connectivity index (χ3n) is 8.41. The summed E-state index contributed by atoms with van der Waals surface area (Å²) in [5, 5.41) is 0. The molecule has 3 heteroatoms. The van der Waals surface area contributed by atoms with E-state index in [-0.39, 0.29) is 12.2 Å². The quantitative estimate of drug-likeness (QED) is 0.414. The van der Waals surface area contributed by atoms with Gasteiger partial charge in [0.05, 0.1) is 12.2 Å². The van der Waals surface area contributed by atoms with Crippen molar-refractivity contribution in [3.05, 3.63) is 33.6 Å². The summed E-state index contributed by atoms with van der Waals surface area (Å²) in [6.45, 7) is 4.68. The molecule has 31 heavy (non-hydrogen) atoms. The second-order valence-electron chi connectivity index (χ2n) is 10.7. The number of ether oxygens (including phenoxy) is 2. The first-order chi connectivity index (χ1) is 15.1. The van der Waals surface area contributed by atoms with Crippen LogP contribution in [0.15, 0.2) is 33.6 Å². The van der Waals surface area contributed by atoms with Crippen LogP contribution in [0, 0.1) is 29.6 Å². The van der Waals surface area contributed by atoms with Gasteiger partial charge in [0.1, 0.15) is 0 Å². The van der Waals surface area contributed by atoms with E-state index in [1.807, 2.05) is 26.0 Å². The standard InChI is InChI=1S/C28H44O2S/c1-19-15-23(21-11-7-5-8-12-21)27(29-3)25(17-19)31-26-18-20(2)16-24(28(26)30-4)22-13-9-6-10-14-22/h15,17-18,20-24,27-28H,5-14,16H2,1-4H3. The third kappa shape index (κ3) is 5.53. The predicted octanol–water partition coefficient (Wildman–Crippen LogP) is 7.91. The Morgan fingerprint density at radius 2 is 1.39 bits per heavy atom. The molecule has 4 aliphatic rings. The van der Waals surface area contributed by atoms with Crippen LogP contribution in [-0.2, 0) is 9.47 Å². The molecule has 0 aromatic heterocycles. The van der Waals surface area contributed by atoms with Crippen LogP contribution in [-0.4, -0.2) is 26.4 Å². The second-order valence-corrected chi connectivity index (χ2v) is 11.8. The Balaban J connectivity index is 1.54. The lowest BCUT2D eigenvalue weighted by molar-refractivity contribution is 0.0318. The summed E-state index contributed by atoms with van der Waals surface area (Å²) in [4.78, 5) is 2.85. The van der Waals surface area contributed by atoms with Crippen molar-refractivity contribution >= 4 is 11.8 Å². The van der Waals surface area contributed by atoms with Crippen molar-refractivity contribution in [1.29, 1.82) is 0 Å². The van der Waals surface area contributed by atoms with Crippen molar-refractivity contribution in [3.8, 4) is 0 Å². The van der Waals surface area contributed by atoms with E-state index in [1.165, 1.54) is 86.0 Å². The molecule has 0 aliphatic heterocycles. The predicted molar refractivity (Wildman–Crippen MR) is 133 cm³/mol. The zero-order valence-corrected chi connectivity index (χ0v) is 21.1. The van der Waals surface area contributed by atoms with Gasteiger partial charge < -0.3 is 9.47 Å². The lowest BCUT2D eigenvalue weighted by Crippen LogP contribution is -2.37. The molecule has 0 aromatic carbocycles. The molecule has 0 spiro atoms. The van der Waals surface area contributed by atoms with E-state index in [0.29, 0.717) is 17.8 Å². The van der Waals surface area contributed by atoms with E-state index in [0.717, 1.165) is 11.8 Å². The molecule has 4 rings (SSSR count). The van der Waals surface area contributed by atoms with E-state index in [9.17, 15) is 0 Å². The van der Waals surface area contributed by atoms with Gasteiger partial charge in [0, 0.05) is 29.9 Å². The van der Waals surface area contributed by atoms with Crippen LogP contribution in [0.3, 0.4) is 0 Å². The molecule has 0 radical (unpaired) electrons. The van der Waals surface area contributed by atoms with Crippen LogP contribution in [0.5, 0.6) is 0 Å². The number of rotatable bonds is 6. The largest absolute Gasteiger partial charge is 0.376 e. The van der Waals surface area contributed by atoms with Crippen molar-refractivity contribution in [2.45, 2.75) is 96.7 Å². The fourth-order valence-electron chi connectivity index (χ4n) is 6.93. The Kier molecular flexibility index (Phi) is 8.45. The fourth-order valence-corrected chi connectivity index (χ4v) is 8.50. The molecule has 4 aliphatic carbocycles. The van der Waals surface area contributed by atoms with Gasteiger partial charge in [-0.3, -0.25) is 0 Å². The maximum atomic E-state index is 6.23. The van der Waals surface area contributed by atoms with E-state index >= 15 is 0 Å². The minimum Gasteiger partial charge on any atom is -0.376 e. The van der Waals surface area contributed by atoms with E-state index in [4.69, 9.17) is 9.47 Å². The van der Waals surface area contributed by atoms with Gasteiger partial charge >= 0.3 is 0 Å². The normalized spacial score (nSPS) is 36.0. The molecule has 0 amide bonds. The maximum Gasteiger partial charge on any atom is 0.0948 e. The Bertz CT molecular complexity index is 681. The maximum absolute atomic E-state index is 6.23. The first kappa shape index (κ1) is 23.6. The molecule has 2 saturated carbocycles. The van der Waals surface area contributed by atoms with Crippen LogP contribution in [0.1, 0.15) is 84.5 Å². The average molecular weight is 445 g/mol. The van der Waals surface area contributed by atoms with Gasteiger partial charge in [0.2, 0.25) is 0 Å². The molecule has 2 nitrogen and oxygen atoms in total. The molecular formula is C28H44O2S. The summed E-state index contributed by atoms with van der Waals surface area (Å²) in [6.07, 6.45) is 23.0. The first-order valence-corrected chi connectivity index (χ1v) is 13.8. The van der Waals surface area contributed by atoms with Crippen LogP contribution < -0.4 is 0 Å². The molecule has 0 heterocycles. The van der Waals surface area contributed by atoms with E-state index in [2.05, 4.69) is 32.1 Å². The summed E-state index contributed by atoms with van der Waals surface area (Å²) in [6, 6.07) is 0. The highest BCUT2D eigenvalue weighted by Crippen LogP contribution is 2.49. The minimum absolute atomic E-state index is 0.195. The van der Waals surface area contributed by atoms with Crippen molar-refractivity contribution in [1.82, 2.24) is 0 Å². The molecule has 5 atom stereocenters. The Hall–Kier alpha value is -0.510. The summed E-state index contributed by atoms with van der Waals surface area (Å²) < 4.78 is 12.4. The van der Waals surface area contributed by atoms with Gasteiger partial charge in [-0.2, -0.15) is 0 Å². The van der Waals surface area contributed by atoms with Crippen molar-refractivity contribution in [2.75, 3.05) is 14.2 Å². The van der Waals surface area contributed by atoms with Gasteiger partial charge in [-0.1, -0.05) is 87.8 Å². The topological polar surface area (TPSA) is 18.5 Å². The SMILES string of the molecule is COC1C(SC2=CC(C)CC(C3CCCCC3)C2OC)=CC(C)=CC1C1CCCCC1. The molecule has 0 bridgehead atoms. The van der Waals surface area contributed by atoms with Crippen molar-refractivity contribution < 1.29 is 9.47 Å². The van der Waals surface area contributed by atoms with Crippen molar-refractivity contribution in [2.24, 2.45) is 29.6 Å². The highest BCUT2D eigenvalue weighted by Gasteiger charge is 2.39. The van der Waals surface area contributed by atoms with Crippen molar-refractivity contribution in [3.63, 3.8) is 0 Å². The second kappa shape index (κ2) is 11.1. The van der Waals surface area contributed by atoms with Crippen LogP contribution in [0.25, 0.3) is 0 Å². The Morgan fingerprint density at radius 1 is 0.774 bits per heavy atom. The number of thioether (sulfide) groups is 1. The van der Waals surface area contributed by atoms with E-state index < -0.39 is 0 Å². The highest BCUT2D eigenvalue weighted by molar-refractivity contribution is 8.06. The van der Waals surface area contributed by atoms with Gasteiger partial charge in [-0.05, 0) is 55.9 Å². The summed E-state index contributed by atoms with van der Waals surface area (Å²) in [5.74, 6) is 3.43. The molecule has 2 fully saturated rings. The Labute approximate surface area is 195 Å². The summed E-state index contributed by atoms with van der Waals surface area (Å²) in [5.41, 5.74) is 1.41. The first-order valence-electron chi connectivity index (χ1n) is 13.0. The summed E-state index contributed by atoms with van der Waals surface area (Å²) in [7, 11) is 3.85. The van der Waals surface area contributed by atoms with Crippen LogP contribution in [0.4, 0.5) is 0 Å². The van der Waals surface area contributed by atoms with Crippen LogP contribution >= 0.6 is 11.8 Å². The number of allylic oxidation sites excluding steroid dienone is 3. The number of hydrogen-bond donors (Lipinski definition) is 0. The lowest BCUT2D eigenvalue weighted by atomic mass is 9.71. The zero-order valence-electron chi connectivity index (χ0n) is 20.3. The number of hydrogen-bond acceptors (Lipinski definition) is 3. The monoisotopic (exact) mass is 444 g/mol. The van der Waals surface area contributed by atoms with Gasteiger partial charge in [0.25, 0.3) is 0 Å². The molecular weight excluding hydrogens is 400 g/mol. The van der Waals surface area contributed by atoms with Crippen LogP contribution in [0.2, 0.25) is 0 Å². The summed E-state index contributed by atoms with van der Waals surface area (Å²) >= 11 is 1.98. The fraction of sp³-hybridized carbons (Fsp3) is 0.786. The van der Waals surface area contributed by atoms with Gasteiger partial charge in [0.15, 0.2) is 0 Å². The van der Waals surface area contributed by atoms with E-state index in [1.54, 1.807) is 0 Å². The molecule has 0 saturated heterocycles. The van der Waals surface area contributed by atoms with Gasteiger partial charge in [-0.25, -0.2) is 0 Å². The molecule has 174 valence electrons. The molecule has 5 unspecified atom stereocenters. The number of methoxy groups -OCH3 is 2. The smallest absolute Gasteiger partial charge is 0.0948 e. The minimum atomic E-state index is 0.195. The molecule has 0 aromatic rings. The molecule has 0 N–H and O–H groups in total. The lowest BCUT2D eigenvalue weighted by Gasteiger charge is -2.42. The highest BCUT2D eigenvalue weighted by atomic mass is 32.2.